The molecule has 2 aliphatic heterocycles. The zero-order chi connectivity index (χ0) is 25.0. The number of para-hydroxylation sites is 3. The van der Waals surface area contributed by atoms with Crippen LogP contribution in [0, 0.1) is 0 Å². The first-order chi connectivity index (χ1) is 16.7. The van der Waals surface area contributed by atoms with Crippen LogP contribution in [-0.2, 0) is 9.59 Å². The molecule has 0 bridgehead atoms. The first kappa shape index (κ1) is 24.5. The lowest BCUT2D eigenvalue weighted by atomic mass is 10.0. The van der Waals surface area contributed by atoms with Crippen molar-refractivity contribution in [1.29, 1.82) is 0 Å². The van der Waals surface area contributed by atoms with E-state index in [9.17, 15) is 27.6 Å². The van der Waals surface area contributed by atoms with E-state index in [0.29, 0.717) is 36.5 Å². The molecule has 0 aliphatic carbocycles. The van der Waals surface area contributed by atoms with Crippen LogP contribution >= 0.6 is 0 Å². The molecule has 35 heavy (non-hydrogen) atoms. The maximum absolute atomic E-state index is 13.9. The molecule has 2 aliphatic rings. The molecule has 4 rings (SSSR count). The average molecular weight is 489 g/mol. The second-order valence-electron chi connectivity index (χ2n) is 8.61. The van der Waals surface area contributed by atoms with Crippen molar-refractivity contribution in [2.45, 2.75) is 37.5 Å². The Bertz CT molecular complexity index is 1070. The fourth-order valence-electron chi connectivity index (χ4n) is 4.37. The molecule has 2 heterocycles. The highest BCUT2D eigenvalue weighted by Crippen LogP contribution is 2.37. The first-order valence-corrected chi connectivity index (χ1v) is 11.3. The molecule has 2 aromatic rings. The number of urea groups is 1. The third kappa shape index (κ3) is 6.10. The number of likely N-dealkylation sites (tertiary alicyclic amines) is 1. The monoisotopic (exact) mass is 489 g/mol. The lowest BCUT2D eigenvalue weighted by molar-refractivity contribution is -0.158. The molecule has 0 aromatic heterocycles. The van der Waals surface area contributed by atoms with Gasteiger partial charge in [0.25, 0.3) is 0 Å². The summed E-state index contributed by atoms with van der Waals surface area (Å²) in [5.74, 6) is -1.53. The predicted octanol–water partition coefficient (Wildman–Crippen LogP) is 3.58. The van der Waals surface area contributed by atoms with E-state index >= 15 is 0 Å². The summed E-state index contributed by atoms with van der Waals surface area (Å²) in [6.07, 6.45) is -4.54. The number of halogens is 3. The van der Waals surface area contributed by atoms with Gasteiger partial charge in [-0.2, -0.15) is 13.2 Å². The van der Waals surface area contributed by atoms with E-state index in [1.54, 1.807) is 23.1 Å². The van der Waals surface area contributed by atoms with Crippen LogP contribution in [0.25, 0.3) is 0 Å². The minimum Gasteiger partial charge on any atom is -0.335 e. The molecule has 1 fully saturated rings. The topological polar surface area (TPSA) is 93.8 Å². The molecule has 8 nitrogen and oxygen atoms in total. The number of alkyl halides is 3. The highest BCUT2D eigenvalue weighted by Gasteiger charge is 2.49. The van der Waals surface area contributed by atoms with Crippen molar-refractivity contribution in [2.24, 2.45) is 0 Å². The van der Waals surface area contributed by atoms with Crippen LogP contribution in [0.5, 0.6) is 0 Å². The number of hydrogen-bond donors (Lipinski definition) is 3. The number of anilines is 3. The third-order valence-electron chi connectivity index (χ3n) is 6.09. The standard InChI is InChI=1S/C24H26F3N5O3/c25-24(26,27)20-14-21(33)30-18-8-4-5-9-19(18)32(20)22(34)15-31-12-10-17(11-13-31)29-23(35)28-16-6-2-1-3-7-16/h1-9,17,20H,10-15H2,(H,30,33)(H2,28,29,35). The smallest absolute Gasteiger partial charge is 0.335 e. The van der Waals surface area contributed by atoms with Crippen LogP contribution in [-0.4, -0.2) is 60.6 Å². The van der Waals surface area contributed by atoms with Gasteiger partial charge >= 0.3 is 12.2 Å². The van der Waals surface area contributed by atoms with Crippen molar-refractivity contribution in [3.8, 4) is 0 Å². The SMILES string of the molecule is O=C1CC(C(F)(F)F)N(C(=O)CN2CCC(NC(=O)Nc3ccccc3)CC2)c2ccccc2N1. The number of benzene rings is 2. The summed E-state index contributed by atoms with van der Waals surface area (Å²) in [7, 11) is 0. The minimum atomic E-state index is -4.77. The molecular formula is C24H26F3N5O3. The van der Waals surface area contributed by atoms with Gasteiger partial charge in [0.15, 0.2) is 0 Å². The van der Waals surface area contributed by atoms with Gasteiger partial charge in [-0.15, -0.1) is 0 Å². The molecule has 1 saturated heterocycles. The number of carbonyl (C=O) groups excluding carboxylic acids is 3. The van der Waals surface area contributed by atoms with Gasteiger partial charge in [-0.25, -0.2) is 4.79 Å². The van der Waals surface area contributed by atoms with Crippen LogP contribution in [0.1, 0.15) is 19.3 Å². The predicted molar refractivity (Wildman–Crippen MR) is 125 cm³/mol. The summed E-state index contributed by atoms with van der Waals surface area (Å²) in [5.41, 5.74) is 0.864. The van der Waals surface area contributed by atoms with Crippen molar-refractivity contribution < 1.29 is 27.6 Å². The highest BCUT2D eigenvalue weighted by molar-refractivity contribution is 6.05. The van der Waals surface area contributed by atoms with Crippen LogP contribution in [0.2, 0.25) is 0 Å². The lowest BCUT2D eigenvalue weighted by Gasteiger charge is -2.36. The van der Waals surface area contributed by atoms with E-state index in [2.05, 4.69) is 16.0 Å². The Morgan fingerprint density at radius 1 is 1.00 bits per heavy atom. The van der Waals surface area contributed by atoms with Crippen molar-refractivity contribution >= 4 is 34.9 Å². The number of carbonyl (C=O) groups is 3. The van der Waals surface area contributed by atoms with Gasteiger partial charge < -0.3 is 16.0 Å². The molecule has 3 N–H and O–H groups in total. The lowest BCUT2D eigenvalue weighted by Crippen LogP contribution is -2.54. The van der Waals surface area contributed by atoms with Crippen LogP contribution in [0.15, 0.2) is 54.6 Å². The Balaban J connectivity index is 1.38. The molecular weight excluding hydrogens is 463 g/mol. The summed E-state index contributed by atoms with van der Waals surface area (Å²) in [6.45, 7) is 0.648. The maximum atomic E-state index is 13.9. The van der Waals surface area contributed by atoms with Crippen LogP contribution in [0.3, 0.4) is 0 Å². The van der Waals surface area contributed by atoms with Crippen LogP contribution < -0.4 is 20.9 Å². The van der Waals surface area contributed by atoms with Gasteiger partial charge in [-0.05, 0) is 37.1 Å². The molecule has 4 amide bonds. The second-order valence-corrected chi connectivity index (χ2v) is 8.61. The van der Waals surface area contributed by atoms with Gasteiger partial charge in [0.2, 0.25) is 11.8 Å². The van der Waals surface area contributed by atoms with Gasteiger partial charge in [0.1, 0.15) is 6.04 Å². The summed E-state index contributed by atoms with van der Waals surface area (Å²) >= 11 is 0. The minimum absolute atomic E-state index is 0.0276. The Labute approximate surface area is 200 Å². The van der Waals surface area contributed by atoms with E-state index in [4.69, 9.17) is 0 Å². The first-order valence-electron chi connectivity index (χ1n) is 11.3. The van der Waals surface area contributed by atoms with Crippen molar-refractivity contribution in [3.63, 3.8) is 0 Å². The van der Waals surface area contributed by atoms with Gasteiger partial charge in [0, 0.05) is 24.8 Å². The van der Waals surface area contributed by atoms with Crippen molar-refractivity contribution in [3.05, 3.63) is 54.6 Å². The molecule has 186 valence electrons. The van der Waals surface area contributed by atoms with Gasteiger partial charge in [-0.1, -0.05) is 30.3 Å². The number of nitrogens with zero attached hydrogens (tertiary/aromatic N) is 2. The Morgan fingerprint density at radius 2 is 1.66 bits per heavy atom. The molecule has 0 spiro atoms. The van der Waals surface area contributed by atoms with E-state index in [-0.39, 0.29) is 30.0 Å². The fourth-order valence-corrected chi connectivity index (χ4v) is 4.37. The van der Waals surface area contributed by atoms with Crippen LogP contribution in [0.4, 0.5) is 35.0 Å². The average Bonchev–Trinajstić information content (AvgIpc) is 2.96. The third-order valence-corrected chi connectivity index (χ3v) is 6.09. The largest absolute Gasteiger partial charge is 0.409 e. The Kier molecular flexibility index (Phi) is 7.25. The molecule has 1 unspecified atom stereocenters. The zero-order valence-corrected chi connectivity index (χ0v) is 18.8. The molecule has 0 radical (unpaired) electrons. The summed E-state index contributed by atoms with van der Waals surface area (Å²) in [4.78, 5) is 40.0. The molecule has 2 aromatic carbocycles. The number of hydrogen-bond acceptors (Lipinski definition) is 4. The second kappa shape index (κ2) is 10.3. The quantitative estimate of drug-likeness (QED) is 0.612. The van der Waals surface area contributed by atoms with Crippen molar-refractivity contribution in [1.82, 2.24) is 10.2 Å². The Morgan fingerprint density at radius 3 is 2.34 bits per heavy atom. The normalized spacial score (nSPS) is 19.3. The number of rotatable bonds is 4. The maximum Gasteiger partial charge on any atom is 0.409 e. The van der Waals surface area contributed by atoms with E-state index < -0.39 is 30.5 Å². The van der Waals surface area contributed by atoms with E-state index in [1.165, 1.54) is 18.2 Å². The zero-order valence-electron chi connectivity index (χ0n) is 18.8. The number of nitrogens with one attached hydrogen (secondary N) is 3. The summed E-state index contributed by atoms with van der Waals surface area (Å²) in [5, 5.41) is 8.10. The number of fused-ring (bicyclic) bond motifs is 1. The van der Waals surface area contributed by atoms with Gasteiger partial charge in [-0.3, -0.25) is 19.4 Å². The summed E-state index contributed by atoms with van der Waals surface area (Å²) in [6, 6.07) is 12.3. The van der Waals surface area contributed by atoms with Crippen molar-refractivity contribution in [2.75, 3.05) is 35.2 Å². The highest BCUT2D eigenvalue weighted by atomic mass is 19.4. The molecule has 0 saturated carbocycles. The van der Waals surface area contributed by atoms with E-state index in [0.717, 1.165) is 0 Å². The van der Waals surface area contributed by atoms with E-state index in [1.807, 2.05) is 18.2 Å². The van der Waals surface area contributed by atoms with Gasteiger partial charge in [0.05, 0.1) is 24.3 Å². The number of amides is 4. The fraction of sp³-hybridized carbons (Fsp3) is 0.375. The summed E-state index contributed by atoms with van der Waals surface area (Å²) < 4.78 is 41.6. The Hall–Kier alpha value is -3.60. The molecule has 11 heteroatoms. The molecule has 1 atom stereocenters. The number of piperidine rings is 1.